The number of nitrogens with zero attached hydrogens (tertiary/aromatic N) is 1. The highest BCUT2D eigenvalue weighted by Crippen LogP contribution is 2.32. The van der Waals surface area contributed by atoms with Crippen LogP contribution in [0.1, 0.15) is 42.2 Å². The van der Waals surface area contributed by atoms with E-state index in [1.54, 1.807) is 6.21 Å². The van der Waals surface area contributed by atoms with E-state index in [1.807, 2.05) is 76.2 Å². The molecule has 2 aromatic carbocycles. The van der Waals surface area contributed by atoms with E-state index in [1.165, 1.54) is 7.11 Å². The van der Waals surface area contributed by atoms with Gasteiger partial charge in [-0.1, -0.05) is 41.6 Å². The Morgan fingerprint density at radius 1 is 1.08 bits per heavy atom. The van der Waals surface area contributed by atoms with Gasteiger partial charge < -0.3 is 14.3 Å². The number of aryl methyl sites for hydroxylation is 2. The summed E-state index contributed by atoms with van der Waals surface area (Å²) in [6.45, 7) is 8.69. The molecular formula is C22H27NO3. The van der Waals surface area contributed by atoms with Crippen molar-refractivity contribution in [1.82, 2.24) is 0 Å². The van der Waals surface area contributed by atoms with E-state index >= 15 is 0 Å². The smallest absolute Gasteiger partial charge is 0.126 e. The summed E-state index contributed by atoms with van der Waals surface area (Å²) >= 11 is 0. The minimum absolute atomic E-state index is 0.0596. The first-order chi connectivity index (χ1) is 12.5. The number of hydrogen-bond acceptors (Lipinski definition) is 4. The quantitative estimate of drug-likeness (QED) is 0.363. The highest BCUT2D eigenvalue weighted by molar-refractivity contribution is 5.79. The summed E-state index contributed by atoms with van der Waals surface area (Å²) in [7, 11) is 1.53. The summed E-state index contributed by atoms with van der Waals surface area (Å²) in [4.78, 5) is 4.70. The van der Waals surface area contributed by atoms with Gasteiger partial charge in [-0.05, 0) is 62.1 Å². The summed E-state index contributed by atoms with van der Waals surface area (Å²) in [6, 6.07) is 12.1. The van der Waals surface area contributed by atoms with Crippen LogP contribution in [0, 0.1) is 13.8 Å². The van der Waals surface area contributed by atoms with Crippen molar-refractivity contribution in [3.05, 3.63) is 70.8 Å². The van der Waals surface area contributed by atoms with Crippen molar-refractivity contribution in [3.63, 3.8) is 0 Å². The van der Waals surface area contributed by atoms with Crippen molar-refractivity contribution in [3.8, 4) is 11.5 Å². The molecule has 0 amide bonds. The highest BCUT2D eigenvalue weighted by Gasteiger charge is 2.13. The fourth-order valence-corrected chi connectivity index (χ4v) is 2.63. The molecule has 0 saturated carbocycles. The van der Waals surface area contributed by atoms with Crippen LogP contribution in [-0.2, 0) is 4.84 Å². The number of benzene rings is 2. The molecule has 0 radical (unpaired) electrons. The minimum Gasteiger partial charge on any atom is -0.490 e. The molecule has 0 bridgehead atoms. The van der Waals surface area contributed by atoms with Crippen LogP contribution in [0.15, 0.2) is 53.7 Å². The maximum Gasteiger partial charge on any atom is 0.126 e. The van der Waals surface area contributed by atoms with Crippen molar-refractivity contribution < 1.29 is 14.3 Å². The fraction of sp³-hybridized carbons (Fsp3) is 0.318. The minimum atomic E-state index is -0.0596. The predicted molar refractivity (Wildman–Crippen MR) is 106 cm³/mol. The van der Waals surface area contributed by atoms with Gasteiger partial charge in [0.25, 0.3) is 0 Å². The van der Waals surface area contributed by atoms with E-state index in [4.69, 9.17) is 14.3 Å². The summed E-state index contributed by atoms with van der Waals surface area (Å²) in [5, 5.41) is 3.77. The number of hydrogen-bond donors (Lipinski definition) is 0. The van der Waals surface area contributed by atoms with E-state index in [-0.39, 0.29) is 6.10 Å². The van der Waals surface area contributed by atoms with Gasteiger partial charge in [0.1, 0.15) is 31.3 Å². The van der Waals surface area contributed by atoms with Gasteiger partial charge in [0.05, 0.1) is 6.21 Å². The molecular weight excluding hydrogens is 326 g/mol. The Kier molecular flexibility index (Phi) is 7.27. The SMILES string of the molecule is C/C=C/COc1cc(C)c(OC(C)c2ccc(/C=N/OC)cc2)c(C)c1. The molecule has 0 fully saturated rings. The monoisotopic (exact) mass is 353 g/mol. The van der Waals surface area contributed by atoms with E-state index in [2.05, 4.69) is 5.16 Å². The maximum absolute atomic E-state index is 6.24. The van der Waals surface area contributed by atoms with E-state index in [0.717, 1.165) is 33.8 Å². The fourth-order valence-electron chi connectivity index (χ4n) is 2.63. The third-order valence-corrected chi connectivity index (χ3v) is 4.02. The Bertz CT molecular complexity index is 740. The van der Waals surface area contributed by atoms with E-state index in [9.17, 15) is 0 Å². The van der Waals surface area contributed by atoms with Crippen molar-refractivity contribution in [2.45, 2.75) is 33.8 Å². The van der Waals surface area contributed by atoms with Gasteiger partial charge in [-0.2, -0.15) is 0 Å². The van der Waals surface area contributed by atoms with Gasteiger partial charge in [-0.3, -0.25) is 0 Å². The van der Waals surface area contributed by atoms with E-state index in [0.29, 0.717) is 6.61 Å². The van der Waals surface area contributed by atoms with Crippen molar-refractivity contribution in [2.24, 2.45) is 5.16 Å². The maximum atomic E-state index is 6.24. The second-order valence-corrected chi connectivity index (χ2v) is 6.11. The van der Waals surface area contributed by atoms with Crippen LogP contribution < -0.4 is 9.47 Å². The number of allylic oxidation sites excluding steroid dienone is 1. The number of oxime groups is 1. The van der Waals surface area contributed by atoms with E-state index < -0.39 is 0 Å². The summed E-state index contributed by atoms with van der Waals surface area (Å²) in [5.74, 6) is 1.76. The first-order valence-corrected chi connectivity index (χ1v) is 8.73. The van der Waals surface area contributed by atoms with Crippen LogP contribution in [0.25, 0.3) is 0 Å². The molecule has 0 aliphatic carbocycles. The first kappa shape index (κ1) is 19.6. The highest BCUT2D eigenvalue weighted by atomic mass is 16.6. The molecule has 0 heterocycles. The third-order valence-electron chi connectivity index (χ3n) is 4.02. The Labute approximate surface area is 156 Å². The second kappa shape index (κ2) is 9.66. The predicted octanol–water partition coefficient (Wildman–Crippen LogP) is 5.38. The molecule has 1 unspecified atom stereocenters. The molecule has 0 saturated heterocycles. The van der Waals surface area contributed by atoms with Crippen LogP contribution in [0.2, 0.25) is 0 Å². The molecule has 0 spiro atoms. The van der Waals surface area contributed by atoms with Crippen molar-refractivity contribution in [2.75, 3.05) is 13.7 Å². The second-order valence-electron chi connectivity index (χ2n) is 6.11. The molecule has 26 heavy (non-hydrogen) atoms. The van der Waals surface area contributed by atoms with Crippen LogP contribution in [0.3, 0.4) is 0 Å². The summed E-state index contributed by atoms with van der Waals surface area (Å²) in [5.41, 5.74) is 4.22. The van der Waals surface area contributed by atoms with Crippen LogP contribution in [0.4, 0.5) is 0 Å². The van der Waals surface area contributed by atoms with Crippen LogP contribution in [-0.4, -0.2) is 19.9 Å². The lowest BCUT2D eigenvalue weighted by molar-refractivity contribution is 0.215. The lowest BCUT2D eigenvalue weighted by Crippen LogP contribution is -2.06. The average Bonchev–Trinajstić information content (AvgIpc) is 2.63. The molecule has 0 aliphatic rings. The Morgan fingerprint density at radius 2 is 1.73 bits per heavy atom. The number of ether oxygens (including phenoxy) is 2. The molecule has 0 N–H and O–H groups in total. The van der Waals surface area contributed by atoms with Crippen LogP contribution >= 0.6 is 0 Å². The zero-order chi connectivity index (χ0) is 18.9. The molecule has 138 valence electrons. The zero-order valence-electron chi connectivity index (χ0n) is 16.2. The Morgan fingerprint density at radius 3 is 2.31 bits per heavy atom. The average molecular weight is 353 g/mol. The molecule has 4 nitrogen and oxygen atoms in total. The van der Waals surface area contributed by atoms with Crippen molar-refractivity contribution >= 4 is 6.21 Å². The normalized spacial score (nSPS) is 12.5. The zero-order valence-corrected chi connectivity index (χ0v) is 16.2. The van der Waals surface area contributed by atoms with Crippen molar-refractivity contribution in [1.29, 1.82) is 0 Å². The molecule has 2 aromatic rings. The Balaban J connectivity index is 2.10. The lowest BCUT2D eigenvalue weighted by atomic mass is 10.1. The first-order valence-electron chi connectivity index (χ1n) is 8.73. The van der Waals surface area contributed by atoms with Gasteiger partial charge >= 0.3 is 0 Å². The molecule has 0 aliphatic heterocycles. The van der Waals surface area contributed by atoms with Gasteiger partial charge in [-0.15, -0.1) is 0 Å². The van der Waals surface area contributed by atoms with Gasteiger partial charge in [0, 0.05) is 0 Å². The molecule has 0 aromatic heterocycles. The lowest BCUT2D eigenvalue weighted by Gasteiger charge is -2.20. The van der Waals surface area contributed by atoms with Gasteiger partial charge in [-0.25, -0.2) is 0 Å². The standard InChI is InChI=1S/C22H27NO3/c1-6-7-12-25-21-13-16(2)22(17(3)14-21)26-18(4)20-10-8-19(9-11-20)15-23-24-5/h6-11,13-15,18H,12H2,1-5H3/b7-6+,23-15+. The van der Waals surface area contributed by atoms with Crippen LogP contribution in [0.5, 0.6) is 11.5 Å². The molecule has 4 heteroatoms. The van der Waals surface area contributed by atoms with Gasteiger partial charge in [0.15, 0.2) is 0 Å². The molecule has 2 rings (SSSR count). The Hall–Kier alpha value is -2.75. The number of rotatable bonds is 8. The summed E-state index contributed by atoms with van der Waals surface area (Å²) < 4.78 is 12.0. The van der Waals surface area contributed by atoms with Gasteiger partial charge in [0.2, 0.25) is 0 Å². The topological polar surface area (TPSA) is 40.0 Å². The third kappa shape index (κ3) is 5.38. The summed E-state index contributed by atoms with van der Waals surface area (Å²) in [6.07, 6.45) is 5.58. The molecule has 1 atom stereocenters. The largest absolute Gasteiger partial charge is 0.490 e.